The number of ketones is 1. The first-order chi connectivity index (χ1) is 9.70. The number of hydrogen-bond donors (Lipinski definition) is 0. The van der Waals surface area contributed by atoms with Crippen LogP contribution in [0.15, 0.2) is 57.8 Å². The van der Waals surface area contributed by atoms with E-state index in [-0.39, 0.29) is 17.1 Å². The minimum absolute atomic E-state index is 0.123. The van der Waals surface area contributed by atoms with Crippen molar-refractivity contribution >= 4 is 28.5 Å². The number of carbonyl (C=O) groups is 1. The summed E-state index contributed by atoms with van der Waals surface area (Å²) in [7, 11) is 0. The van der Waals surface area contributed by atoms with Crippen LogP contribution in [-0.4, -0.2) is 12.0 Å². The van der Waals surface area contributed by atoms with Gasteiger partial charge in [0.2, 0.25) is 5.78 Å². The lowest BCUT2D eigenvalue weighted by Crippen LogP contribution is -2.01. The Morgan fingerprint density at radius 3 is 2.70 bits per heavy atom. The van der Waals surface area contributed by atoms with Crippen molar-refractivity contribution in [2.75, 3.05) is 6.26 Å². The van der Waals surface area contributed by atoms with E-state index in [2.05, 4.69) is 0 Å². The second-order valence-electron chi connectivity index (χ2n) is 4.30. The van der Waals surface area contributed by atoms with Crippen molar-refractivity contribution < 1.29 is 13.6 Å². The number of rotatable bonds is 3. The molecule has 0 aliphatic carbocycles. The molecule has 1 aromatic heterocycles. The fraction of sp³-hybridized carbons (Fsp3) is 0.0625. The molecule has 2 nitrogen and oxygen atoms in total. The summed E-state index contributed by atoms with van der Waals surface area (Å²) in [6.45, 7) is 0. The van der Waals surface area contributed by atoms with Crippen molar-refractivity contribution in [1.29, 1.82) is 0 Å². The Balaban J connectivity index is 2.11. The zero-order chi connectivity index (χ0) is 14.1. The number of hydrogen-bond acceptors (Lipinski definition) is 3. The van der Waals surface area contributed by atoms with E-state index < -0.39 is 5.82 Å². The third kappa shape index (κ3) is 2.12. The summed E-state index contributed by atoms with van der Waals surface area (Å²) >= 11 is 1.49. The molecule has 1 heterocycles. The van der Waals surface area contributed by atoms with Crippen molar-refractivity contribution in [2.24, 2.45) is 0 Å². The summed E-state index contributed by atoms with van der Waals surface area (Å²) in [5.74, 6) is -0.531. The highest BCUT2D eigenvalue weighted by Gasteiger charge is 2.18. The van der Waals surface area contributed by atoms with Crippen molar-refractivity contribution in [3.63, 3.8) is 0 Å². The zero-order valence-corrected chi connectivity index (χ0v) is 11.5. The van der Waals surface area contributed by atoms with E-state index >= 15 is 0 Å². The summed E-state index contributed by atoms with van der Waals surface area (Å²) in [5, 5.41) is 0.593. The van der Waals surface area contributed by atoms with Gasteiger partial charge in [0.1, 0.15) is 0 Å². The molecule has 20 heavy (non-hydrogen) atoms. The number of para-hydroxylation sites is 1. The average molecular weight is 286 g/mol. The fourth-order valence-electron chi connectivity index (χ4n) is 2.10. The highest BCUT2D eigenvalue weighted by atomic mass is 32.2. The molecular weight excluding hydrogens is 275 g/mol. The molecule has 0 saturated carbocycles. The maximum absolute atomic E-state index is 13.6. The van der Waals surface area contributed by atoms with E-state index in [0.717, 1.165) is 4.90 Å². The number of carbonyl (C=O) groups excluding carboxylic acids is 1. The molecular formula is C16H11FO2S. The summed E-state index contributed by atoms with van der Waals surface area (Å²) in [6, 6.07) is 13.5. The van der Waals surface area contributed by atoms with E-state index in [1.807, 2.05) is 18.4 Å². The Labute approximate surface area is 119 Å². The maximum Gasteiger partial charge on any atom is 0.229 e. The first kappa shape index (κ1) is 12.9. The van der Waals surface area contributed by atoms with Crippen molar-refractivity contribution in [3.05, 3.63) is 65.7 Å². The van der Waals surface area contributed by atoms with E-state index in [0.29, 0.717) is 10.9 Å². The predicted molar refractivity (Wildman–Crippen MR) is 77.8 cm³/mol. The quantitative estimate of drug-likeness (QED) is 0.523. The Hall–Kier alpha value is -2.07. The Kier molecular flexibility index (Phi) is 3.32. The van der Waals surface area contributed by atoms with Gasteiger partial charge in [0, 0.05) is 15.8 Å². The third-order valence-electron chi connectivity index (χ3n) is 3.07. The standard InChI is InChI=1S/C16H11FO2S/c1-20-14-8-3-2-6-11(14)15(18)13-9-10-5-4-7-12(17)16(10)19-13/h2-9H,1H3. The summed E-state index contributed by atoms with van der Waals surface area (Å²) < 4.78 is 19.0. The van der Waals surface area contributed by atoms with E-state index in [1.165, 1.54) is 17.8 Å². The smallest absolute Gasteiger partial charge is 0.229 e. The average Bonchev–Trinajstić information content (AvgIpc) is 2.92. The number of thioether (sulfide) groups is 1. The lowest BCUT2D eigenvalue weighted by atomic mass is 10.1. The predicted octanol–water partition coefficient (Wildman–Crippen LogP) is 4.52. The van der Waals surface area contributed by atoms with Gasteiger partial charge in [0.15, 0.2) is 17.2 Å². The van der Waals surface area contributed by atoms with Gasteiger partial charge in [0.05, 0.1) is 0 Å². The molecule has 4 heteroatoms. The molecule has 3 aromatic rings. The second kappa shape index (κ2) is 5.13. The van der Waals surface area contributed by atoms with E-state index in [9.17, 15) is 9.18 Å². The van der Waals surface area contributed by atoms with Crippen LogP contribution >= 0.6 is 11.8 Å². The molecule has 0 aliphatic rings. The van der Waals surface area contributed by atoms with E-state index in [4.69, 9.17) is 4.42 Å². The molecule has 0 fully saturated rings. The molecule has 0 atom stereocenters. The molecule has 0 N–H and O–H groups in total. The lowest BCUT2D eigenvalue weighted by molar-refractivity contribution is 0.101. The lowest BCUT2D eigenvalue weighted by Gasteiger charge is -2.03. The van der Waals surface area contributed by atoms with Gasteiger partial charge in [-0.25, -0.2) is 4.39 Å². The normalized spacial score (nSPS) is 10.9. The topological polar surface area (TPSA) is 30.2 Å². The van der Waals surface area contributed by atoms with Crippen molar-refractivity contribution in [3.8, 4) is 0 Å². The van der Waals surface area contributed by atoms with Gasteiger partial charge in [-0.1, -0.05) is 24.3 Å². The third-order valence-corrected chi connectivity index (χ3v) is 3.87. The monoisotopic (exact) mass is 286 g/mol. The molecule has 3 rings (SSSR count). The van der Waals surface area contributed by atoms with E-state index in [1.54, 1.807) is 30.3 Å². The van der Waals surface area contributed by atoms with Gasteiger partial charge >= 0.3 is 0 Å². The van der Waals surface area contributed by atoms with Crippen LogP contribution in [0.4, 0.5) is 4.39 Å². The number of fused-ring (bicyclic) bond motifs is 1. The van der Waals surface area contributed by atoms with Gasteiger partial charge < -0.3 is 4.42 Å². The van der Waals surface area contributed by atoms with Crippen LogP contribution in [0, 0.1) is 5.82 Å². The van der Waals surface area contributed by atoms with Crippen LogP contribution in [0.1, 0.15) is 16.1 Å². The Bertz CT molecular complexity index is 792. The van der Waals surface area contributed by atoms with Gasteiger partial charge in [0.25, 0.3) is 0 Å². The van der Waals surface area contributed by atoms with Crippen LogP contribution < -0.4 is 0 Å². The zero-order valence-electron chi connectivity index (χ0n) is 10.7. The highest BCUT2D eigenvalue weighted by molar-refractivity contribution is 7.98. The molecule has 0 radical (unpaired) electrons. The molecule has 2 aromatic carbocycles. The largest absolute Gasteiger partial charge is 0.449 e. The minimum Gasteiger partial charge on any atom is -0.449 e. The molecule has 0 aliphatic heterocycles. The van der Waals surface area contributed by atoms with Crippen LogP contribution in [-0.2, 0) is 0 Å². The molecule has 0 amide bonds. The maximum atomic E-state index is 13.6. The van der Waals surface area contributed by atoms with Crippen LogP contribution in [0.2, 0.25) is 0 Å². The second-order valence-corrected chi connectivity index (χ2v) is 5.15. The summed E-state index contributed by atoms with van der Waals surface area (Å²) in [4.78, 5) is 13.4. The van der Waals surface area contributed by atoms with Gasteiger partial charge in [-0.3, -0.25) is 4.79 Å². The highest BCUT2D eigenvalue weighted by Crippen LogP contribution is 2.27. The van der Waals surface area contributed by atoms with Gasteiger partial charge in [-0.15, -0.1) is 11.8 Å². The Morgan fingerprint density at radius 2 is 1.95 bits per heavy atom. The first-order valence-corrected chi connectivity index (χ1v) is 7.29. The van der Waals surface area contributed by atoms with Crippen LogP contribution in [0.3, 0.4) is 0 Å². The summed E-state index contributed by atoms with van der Waals surface area (Å²) in [5.41, 5.74) is 0.692. The van der Waals surface area contributed by atoms with Crippen molar-refractivity contribution in [1.82, 2.24) is 0 Å². The molecule has 0 spiro atoms. The van der Waals surface area contributed by atoms with Gasteiger partial charge in [-0.05, 0) is 30.5 Å². The Morgan fingerprint density at radius 1 is 1.15 bits per heavy atom. The number of furan rings is 1. The number of benzene rings is 2. The fourth-order valence-corrected chi connectivity index (χ4v) is 2.70. The van der Waals surface area contributed by atoms with Gasteiger partial charge in [-0.2, -0.15) is 0 Å². The van der Waals surface area contributed by atoms with Crippen LogP contribution in [0.5, 0.6) is 0 Å². The molecule has 0 unspecified atom stereocenters. The minimum atomic E-state index is -0.459. The molecule has 0 saturated heterocycles. The molecule has 100 valence electrons. The van der Waals surface area contributed by atoms with Crippen molar-refractivity contribution in [2.45, 2.75) is 4.90 Å². The first-order valence-electron chi connectivity index (χ1n) is 6.06. The SMILES string of the molecule is CSc1ccccc1C(=O)c1cc2cccc(F)c2o1. The molecule has 0 bridgehead atoms. The van der Waals surface area contributed by atoms with Crippen LogP contribution in [0.25, 0.3) is 11.0 Å². The summed E-state index contributed by atoms with van der Waals surface area (Å²) in [6.07, 6.45) is 1.91. The number of halogens is 1.